The zero-order chi connectivity index (χ0) is 16.3. The van der Waals surface area contributed by atoms with Gasteiger partial charge in [0.1, 0.15) is 0 Å². The highest BCUT2D eigenvalue weighted by Gasteiger charge is 2.14. The molecule has 4 N–H and O–H groups in total. The third kappa shape index (κ3) is 10.3. The Kier molecular flexibility index (Phi) is 10.5. The largest absolute Gasteiger partial charge is 0.345 e. The van der Waals surface area contributed by atoms with Crippen LogP contribution in [0.3, 0.4) is 0 Å². The van der Waals surface area contributed by atoms with Crippen LogP contribution in [0.1, 0.15) is 20.3 Å². The number of rotatable bonds is 6. The first-order valence-electron chi connectivity index (χ1n) is 6.34. The van der Waals surface area contributed by atoms with Gasteiger partial charge in [-0.15, -0.1) is 0 Å². The lowest BCUT2D eigenvalue weighted by Gasteiger charge is -2.24. The summed E-state index contributed by atoms with van der Waals surface area (Å²) in [7, 11) is 5.18. The van der Waals surface area contributed by atoms with Gasteiger partial charge in [-0.2, -0.15) is 0 Å². The van der Waals surface area contributed by atoms with Crippen LogP contribution in [0.2, 0.25) is 0 Å². The molecule has 0 aromatic rings. The monoisotopic (exact) mass is 284 g/mol. The Morgan fingerprint density at radius 3 is 2.15 bits per heavy atom. The smallest absolute Gasteiger partial charge is 0.248 e. The summed E-state index contributed by atoms with van der Waals surface area (Å²) in [6.07, 6.45) is 1.83. The van der Waals surface area contributed by atoms with Crippen LogP contribution in [-0.2, 0) is 9.59 Å². The lowest BCUT2D eigenvalue weighted by Crippen LogP contribution is -2.52. The van der Waals surface area contributed by atoms with Crippen LogP contribution in [0.4, 0.5) is 0 Å². The second-order valence-corrected chi connectivity index (χ2v) is 4.91. The first-order valence-corrected chi connectivity index (χ1v) is 6.34. The zero-order valence-electron chi connectivity index (χ0n) is 13.2. The summed E-state index contributed by atoms with van der Waals surface area (Å²) in [5, 5.41) is 5.61. The van der Waals surface area contributed by atoms with Crippen molar-refractivity contribution in [3.63, 3.8) is 0 Å². The zero-order valence-corrected chi connectivity index (χ0v) is 13.2. The molecule has 2 amide bonds. The molecule has 6 nitrogen and oxygen atoms in total. The van der Waals surface area contributed by atoms with Crippen LogP contribution in [0.15, 0.2) is 24.8 Å². The molecule has 0 aromatic heterocycles. The molecule has 0 rings (SSSR count). The number of carbonyl (C=O) groups is 2. The molecular formula is C14H28N4O2. The van der Waals surface area contributed by atoms with Crippen LogP contribution in [0.5, 0.6) is 0 Å². The van der Waals surface area contributed by atoms with Crippen molar-refractivity contribution in [3.05, 3.63) is 24.8 Å². The van der Waals surface area contributed by atoms with Gasteiger partial charge in [0, 0.05) is 19.7 Å². The van der Waals surface area contributed by atoms with Crippen molar-refractivity contribution in [3.8, 4) is 0 Å². The Bertz CT molecular complexity index is 349. The average molecular weight is 284 g/mol. The number of hydrogen-bond acceptors (Lipinski definition) is 4. The number of nitrogens with two attached hydrogens (primary N) is 1. The summed E-state index contributed by atoms with van der Waals surface area (Å²) in [5.74, 6) is -0.204. The molecule has 0 bridgehead atoms. The van der Waals surface area contributed by atoms with Crippen LogP contribution < -0.4 is 16.4 Å². The van der Waals surface area contributed by atoms with E-state index in [0.717, 1.165) is 0 Å². The molecule has 6 heteroatoms. The minimum atomic E-state index is -0.356. The van der Waals surface area contributed by atoms with Crippen molar-refractivity contribution in [2.75, 3.05) is 27.7 Å². The standard InChI is InChI=1S/2C7H14N2O/c1-6(4-5-8)7(10)9(2)3;1-5-6(10)9-7(2,3)8-4/h1,4-5,8H2,2-3H3;5,8H,1H2,2-4H3,(H,9,10). The van der Waals surface area contributed by atoms with Gasteiger partial charge < -0.3 is 16.0 Å². The number of likely N-dealkylation sites (N-methyl/N-ethyl adjacent to an activating group) is 1. The molecular weight excluding hydrogens is 256 g/mol. The molecule has 0 fully saturated rings. The highest BCUT2D eigenvalue weighted by Crippen LogP contribution is 1.98. The van der Waals surface area contributed by atoms with Gasteiger partial charge in [0.2, 0.25) is 11.8 Å². The topological polar surface area (TPSA) is 87.5 Å². The van der Waals surface area contributed by atoms with E-state index in [0.29, 0.717) is 18.5 Å². The molecule has 0 saturated heterocycles. The number of nitrogens with one attached hydrogen (secondary N) is 2. The molecule has 0 atom stereocenters. The van der Waals surface area contributed by atoms with Crippen molar-refractivity contribution in [1.82, 2.24) is 15.5 Å². The second-order valence-electron chi connectivity index (χ2n) is 4.91. The summed E-state index contributed by atoms with van der Waals surface area (Å²) in [4.78, 5) is 23.2. The van der Waals surface area contributed by atoms with Crippen molar-refractivity contribution in [1.29, 1.82) is 0 Å². The third-order valence-electron chi connectivity index (χ3n) is 2.40. The van der Waals surface area contributed by atoms with Gasteiger partial charge in [-0.05, 0) is 39.9 Å². The number of amides is 2. The summed E-state index contributed by atoms with van der Waals surface area (Å²) >= 11 is 0. The Balaban J connectivity index is 0. The summed E-state index contributed by atoms with van der Waals surface area (Å²) in [5.41, 5.74) is 5.46. The second kappa shape index (κ2) is 10.2. The van der Waals surface area contributed by atoms with E-state index in [1.807, 2.05) is 13.8 Å². The van der Waals surface area contributed by atoms with Crippen LogP contribution in [0.25, 0.3) is 0 Å². The molecule has 0 aliphatic heterocycles. The van der Waals surface area contributed by atoms with Crippen LogP contribution in [0, 0.1) is 0 Å². The third-order valence-corrected chi connectivity index (χ3v) is 2.40. The molecule has 0 spiro atoms. The fraction of sp³-hybridized carbons (Fsp3) is 0.571. The van der Waals surface area contributed by atoms with Crippen LogP contribution >= 0.6 is 0 Å². The minimum Gasteiger partial charge on any atom is -0.345 e. The van der Waals surface area contributed by atoms with Crippen molar-refractivity contribution in [2.24, 2.45) is 5.73 Å². The summed E-state index contributed by atoms with van der Waals surface area (Å²) in [6, 6.07) is 0. The molecule has 0 aromatic carbocycles. The fourth-order valence-electron chi connectivity index (χ4n) is 1.02. The Morgan fingerprint density at radius 1 is 1.35 bits per heavy atom. The highest BCUT2D eigenvalue weighted by atomic mass is 16.2. The maximum Gasteiger partial charge on any atom is 0.248 e. The molecule has 0 aliphatic carbocycles. The van der Waals surface area contributed by atoms with Gasteiger partial charge in [0.05, 0.1) is 5.66 Å². The van der Waals surface area contributed by atoms with Crippen LogP contribution in [-0.4, -0.2) is 50.1 Å². The molecule has 0 heterocycles. The van der Waals surface area contributed by atoms with E-state index in [1.165, 1.54) is 11.0 Å². The van der Waals surface area contributed by atoms with E-state index in [-0.39, 0.29) is 17.5 Å². The first-order chi connectivity index (χ1) is 9.11. The van der Waals surface area contributed by atoms with E-state index in [4.69, 9.17) is 5.73 Å². The number of carbonyl (C=O) groups excluding carboxylic acids is 2. The van der Waals surface area contributed by atoms with Crippen molar-refractivity contribution < 1.29 is 9.59 Å². The van der Waals surface area contributed by atoms with Gasteiger partial charge in [0.15, 0.2) is 0 Å². The van der Waals surface area contributed by atoms with Gasteiger partial charge in [-0.3, -0.25) is 14.9 Å². The van der Waals surface area contributed by atoms with Gasteiger partial charge >= 0.3 is 0 Å². The van der Waals surface area contributed by atoms with Crippen molar-refractivity contribution >= 4 is 11.8 Å². The van der Waals surface area contributed by atoms with E-state index < -0.39 is 0 Å². The van der Waals surface area contributed by atoms with Gasteiger partial charge in [0.25, 0.3) is 0 Å². The highest BCUT2D eigenvalue weighted by molar-refractivity contribution is 5.92. The van der Waals surface area contributed by atoms with Gasteiger partial charge in [-0.1, -0.05) is 13.2 Å². The molecule has 0 unspecified atom stereocenters. The molecule has 0 radical (unpaired) electrons. The van der Waals surface area contributed by atoms with Crippen molar-refractivity contribution in [2.45, 2.75) is 25.9 Å². The van der Waals surface area contributed by atoms with E-state index in [1.54, 1.807) is 21.1 Å². The molecule has 0 aliphatic rings. The minimum absolute atomic E-state index is 0.0366. The SMILES string of the molecule is C=C(CCN)C(=O)N(C)C.C=CC(=O)NC(C)(C)NC. The molecule has 116 valence electrons. The Morgan fingerprint density at radius 2 is 1.85 bits per heavy atom. The van der Waals surface area contributed by atoms with Gasteiger partial charge in [-0.25, -0.2) is 0 Å². The van der Waals surface area contributed by atoms with E-state index >= 15 is 0 Å². The fourth-order valence-corrected chi connectivity index (χ4v) is 1.02. The number of nitrogens with zero attached hydrogens (tertiary/aromatic N) is 1. The lowest BCUT2D eigenvalue weighted by molar-refractivity contribution is -0.124. The maximum absolute atomic E-state index is 11.0. The summed E-state index contributed by atoms with van der Waals surface area (Å²) in [6.45, 7) is 11.2. The molecule has 20 heavy (non-hydrogen) atoms. The lowest BCUT2D eigenvalue weighted by atomic mass is 10.2. The Hall–Kier alpha value is -1.66. The van der Waals surface area contributed by atoms with E-state index in [9.17, 15) is 9.59 Å². The maximum atomic E-state index is 11.0. The predicted octanol–water partition coefficient (Wildman–Crippen LogP) is 0.224. The average Bonchev–Trinajstić information content (AvgIpc) is 2.38. The summed E-state index contributed by atoms with van der Waals surface area (Å²) < 4.78 is 0. The van der Waals surface area contributed by atoms with E-state index in [2.05, 4.69) is 23.8 Å². The Labute approximate surface area is 122 Å². The number of hydrogen-bond donors (Lipinski definition) is 3. The predicted molar refractivity (Wildman–Crippen MR) is 83.0 cm³/mol. The molecule has 0 saturated carbocycles. The normalized spacial score (nSPS) is 9.90. The first kappa shape index (κ1) is 20.7. The quantitative estimate of drug-likeness (QED) is 0.481.